The molecule has 0 unspecified atom stereocenters. The summed E-state index contributed by atoms with van der Waals surface area (Å²) in [7, 11) is 0. The minimum Gasteiger partial charge on any atom is -0.344 e. The lowest BCUT2D eigenvalue weighted by Gasteiger charge is -2.07. The zero-order valence-electron chi connectivity index (χ0n) is 5.13. The largest absolute Gasteiger partial charge is 0.344 e. The van der Waals surface area contributed by atoms with Crippen LogP contribution in [0.1, 0.15) is 0 Å². The summed E-state index contributed by atoms with van der Waals surface area (Å²) < 4.78 is 0. The molecule has 0 aromatic heterocycles. The van der Waals surface area contributed by atoms with E-state index in [2.05, 4.69) is 16.5 Å². The van der Waals surface area contributed by atoms with Crippen LogP contribution in [0.15, 0.2) is 17.3 Å². The van der Waals surface area contributed by atoms with Crippen LogP contribution in [0.25, 0.3) is 0 Å². The van der Waals surface area contributed by atoms with Gasteiger partial charge in [0.05, 0.1) is 12.2 Å². The zero-order valence-corrected chi connectivity index (χ0v) is 5.95. The molecule has 9 heavy (non-hydrogen) atoms. The van der Waals surface area contributed by atoms with Crippen LogP contribution in [0.4, 0.5) is 0 Å². The van der Waals surface area contributed by atoms with Crippen LogP contribution in [0, 0.1) is 0 Å². The summed E-state index contributed by atoms with van der Waals surface area (Å²) in [6.45, 7) is 5.91. The Morgan fingerprint density at radius 2 is 2.56 bits per heavy atom. The van der Waals surface area contributed by atoms with Crippen LogP contribution in [0.3, 0.4) is 0 Å². The normalized spacial score (nSPS) is 24.7. The molecular weight excluding hydrogens is 132 g/mol. The van der Waals surface area contributed by atoms with E-state index in [0.29, 0.717) is 0 Å². The first-order chi connectivity index (χ1) is 4.36. The third-order valence-electron chi connectivity index (χ3n) is 1.49. The van der Waals surface area contributed by atoms with Gasteiger partial charge in [0.1, 0.15) is 0 Å². The molecule has 2 nitrogen and oxygen atoms in total. The van der Waals surface area contributed by atoms with Gasteiger partial charge < -0.3 is 4.90 Å². The molecule has 0 aromatic carbocycles. The first-order valence-corrected chi connectivity index (χ1v) is 3.99. The maximum Gasteiger partial charge on any atom is 0.164 e. The van der Waals surface area contributed by atoms with Crippen molar-refractivity contribution in [1.82, 2.24) is 4.90 Å². The van der Waals surface area contributed by atoms with Crippen molar-refractivity contribution in [2.24, 2.45) is 4.99 Å². The number of amidine groups is 1. The predicted octanol–water partition coefficient (Wildman–Crippen LogP) is 0.918. The molecule has 0 atom stereocenters. The summed E-state index contributed by atoms with van der Waals surface area (Å²) in [6, 6.07) is 0. The van der Waals surface area contributed by atoms with Gasteiger partial charge >= 0.3 is 0 Å². The summed E-state index contributed by atoms with van der Waals surface area (Å²) in [4.78, 5) is 6.53. The van der Waals surface area contributed by atoms with Crippen LogP contribution < -0.4 is 0 Å². The molecule has 2 rings (SSSR count). The molecule has 1 saturated heterocycles. The van der Waals surface area contributed by atoms with E-state index in [1.165, 1.54) is 10.9 Å². The average Bonchev–Trinajstić information content (AvgIpc) is 2.22. The molecule has 0 amide bonds. The molecule has 2 aliphatic heterocycles. The lowest BCUT2D eigenvalue weighted by atomic mass is 10.5. The highest BCUT2D eigenvalue weighted by Gasteiger charge is 2.24. The van der Waals surface area contributed by atoms with Crippen molar-refractivity contribution in [2.45, 2.75) is 0 Å². The molecule has 0 N–H and O–H groups in total. The SMILES string of the molecule is C=C1CN2CCSC2=N1. The van der Waals surface area contributed by atoms with Crippen molar-refractivity contribution >= 4 is 16.9 Å². The monoisotopic (exact) mass is 140 g/mol. The fraction of sp³-hybridized carbons (Fsp3) is 0.500. The van der Waals surface area contributed by atoms with Crippen molar-refractivity contribution in [3.63, 3.8) is 0 Å². The Balaban J connectivity index is 2.27. The fourth-order valence-corrected chi connectivity index (χ4v) is 2.10. The van der Waals surface area contributed by atoms with Crippen LogP contribution >= 0.6 is 11.8 Å². The smallest absolute Gasteiger partial charge is 0.164 e. The highest BCUT2D eigenvalue weighted by molar-refractivity contribution is 8.14. The first kappa shape index (κ1) is 5.35. The molecule has 0 saturated carbocycles. The molecule has 2 aliphatic rings. The Morgan fingerprint density at radius 3 is 3.33 bits per heavy atom. The Labute approximate surface area is 58.6 Å². The van der Waals surface area contributed by atoms with E-state index >= 15 is 0 Å². The quantitative estimate of drug-likeness (QED) is 0.497. The zero-order chi connectivity index (χ0) is 6.27. The van der Waals surface area contributed by atoms with Crippen LogP contribution in [0.2, 0.25) is 0 Å². The molecule has 0 aliphatic carbocycles. The van der Waals surface area contributed by atoms with Crippen LogP contribution in [-0.2, 0) is 0 Å². The van der Waals surface area contributed by atoms with Gasteiger partial charge in [0.2, 0.25) is 0 Å². The molecule has 3 heteroatoms. The second kappa shape index (κ2) is 1.77. The van der Waals surface area contributed by atoms with E-state index < -0.39 is 0 Å². The minimum absolute atomic E-state index is 0.961. The van der Waals surface area contributed by atoms with Crippen LogP contribution in [-0.4, -0.2) is 28.9 Å². The molecule has 2 heterocycles. The molecule has 0 spiro atoms. The molecule has 0 bridgehead atoms. The van der Waals surface area contributed by atoms with Gasteiger partial charge in [-0.3, -0.25) is 0 Å². The number of rotatable bonds is 0. The highest BCUT2D eigenvalue weighted by atomic mass is 32.2. The van der Waals surface area contributed by atoms with E-state index in [4.69, 9.17) is 0 Å². The molecule has 0 radical (unpaired) electrons. The van der Waals surface area contributed by atoms with E-state index in [-0.39, 0.29) is 0 Å². The number of hydrogen-bond acceptors (Lipinski definition) is 3. The lowest BCUT2D eigenvalue weighted by Crippen LogP contribution is -2.19. The Kier molecular flexibility index (Phi) is 1.05. The van der Waals surface area contributed by atoms with Crippen molar-refractivity contribution < 1.29 is 0 Å². The molecular formula is C6H8N2S. The standard InChI is InChI=1S/C6H8N2S/c1-5-4-8-2-3-9-6(8)7-5/h1-4H2. The van der Waals surface area contributed by atoms with Gasteiger partial charge in [0, 0.05) is 12.3 Å². The Bertz CT molecular complexity index is 185. The van der Waals surface area contributed by atoms with Crippen molar-refractivity contribution in [2.75, 3.05) is 18.8 Å². The number of hydrogen-bond donors (Lipinski definition) is 0. The topological polar surface area (TPSA) is 15.6 Å². The van der Waals surface area contributed by atoms with E-state index in [1.54, 1.807) is 0 Å². The van der Waals surface area contributed by atoms with Crippen LogP contribution in [0.5, 0.6) is 0 Å². The summed E-state index contributed by atoms with van der Waals surface area (Å²) >= 11 is 1.83. The van der Waals surface area contributed by atoms with Gasteiger partial charge in [-0.15, -0.1) is 0 Å². The Hall–Kier alpha value is -0.440. The molecule has 48 valence electrons. The molecule has 0 aromatic rings. The minimum atomic E-state index is 0.961. The summed E-state index contributed by atoms with van der Waals surface area (Å²) in [5.74, 6) is 1.20. The number of aliphatic imine (C=N–C) groups is 1. The number of nitrogens with zero attached hydrogens (tertiary/aromatic N) is 2. The van der Waals surface area contributed by atoms with Crippen molar-refractivity contribution in [1.29, 1.82) is 0 Å². The van der Waals surface area contributed by atoms with Crippen molar-refractivity contribution in [3.8, 4) is 0 Å². The maximum absolute atomic E-state index is 4.26. The second-order valence-electron chi connectivity index (χ2n) is 2.23. The fourth-order valence-electron chi connectivity index (χ4n) is 1.07. The van der Waals surface area contributed by atoms with E-state index in [9.17, 15) is 0 Å². The van der Waals surface area contributed by atoms with Gasteiger partial charge in [-0.2, -0.15) is 0 Å². The first-order valence-electron chi connectivity index (χ1n) is 3.00. The maximum atomic E-state index is 4.26. The van der Waals surface area contributed by atoms with Gasteiger partial charge in [0.25, 0.3) is 0 Å². The average molecular weight is 140 g/mol. The number of fused-ring (bicyclic) bond motifs is 1. The molecule has 1 fully saturated rings. The van der Waals surface area contributed by atoms with E-state index in [0.717, 1.165) is 18.8 Å². The van der Waals surface area contributed by atoms with Gasteiger partial charge in [-0.05, 0) is 0 Å². The summed E-state index contributed by atoms with van der Waals surface area (Å²) in [5.41, 5.74) is 1.01. The van der Waals surface area contributed by atoms with Gasteiger partial charge in [-0.25, -0.2) is 4.99 Å². The predicted molar refractivity (Wildman–Crippen MR) is 40.6 cm³/mol. The second-order valence-corrected chi connectivity index (χ2v) is 3.29. The third kappa shape index (κ3) is 0.758. The number of thioether (sulfide) groups is 1. The Morgan fingerprint density at radius 1 is 1.67 bits per heavy atom. The summed E-state index contributed by atoms with van der Waals surface area (Å²) in [6.07, 6.45) is 0. The van der Waals surface area contributed by atoms with E-state index in [1.807, 2.05) is 11.8 Å². The van der Waals surface area contributed by atoms with Gasteiger partial charge in [0.15, 0.2) is 5.17 Å². The third-order valence-corrected chi connectivity index (χ3v) is 2.48. The summed E-state index contributed by atoms with van der Waals surface area (Å²) in [5, 5.41) is 1.18. The van der Waals surface area contributed by atoms with Gasteiger partial charge in [-0.1, -0.05) is 18.3 Å². The highest BCUT2D eigenvalue weighted by Crippen LogP contribution is 2.24. The lowest BCUT2D eigenvalue weighted by molar-refractivity contribution is 0.522. The van der Waals surface area contributed by atoms with Crippen molar-refractivity contribution in [3.05, 3.63) is 12.3 Å².